The van der Waals surface area contributed by atoms with Gasteiger partial charge in [-0.2, -0.15) is 0 Å². The van der Waals surface area contributed by atoms with E-state index in [1.165, 1.54) is 5.56 Å². The Morgan fingerprint density at radius 3 is 2.48 bits per heavy atom. The van der Waals surface area contributed by atoms with E-state index < -0.39 is 0 Å². The van der Waals surface area contributed by atoms with Gasteiger partial charge in [0.25, 0.3) is 0 Å². The number of methoxy groups -OCH3 is 1. The molecule has 9 heteroatoms. The molecular weight excluding hydrogens is 521 g/mol. The lowest BCUT2D eigenvalue weighted by Gasteiger charge is -2.28. The number of ether oxygens (including phenoxy) is 1. The first-order chi connectivity index (χ1) is 13.3. The number of hydrogen-bond donors (Lipinski definition) is 1. The highest BCUT2D eigenvalue weighted by Gasteiger charge is 2.17. The monoisotopic (exact) mass is 551 g/mol. The Balaban J connectivity index is 0.00000420. The van der Waals surface area contributed by atoms with Crippen molar-refractivity contribution in [3.63, 3.8) is 0 Å². The summed E-state index contributed by atoms with van der Waals surface area (Å²) in [7, 11) is 9.65. The van der Waals surface area contributed by atoms with Gasteiger partial charge in [0.15, 0.2) is 5.96 Å². The van der Waals surface area contributed by atoms with Crippen molar-refractivity contribution in [2.75, 3.05) is 41.8 Å². The molecule has 0 amide bonds. The van der Waals surface area contributed by atoms with Crippen LogP contribution in [-0.2, 0) is 11.3 Å². The van der Waals surface area contributed by atoms with Gasteiger partial charge < -0.3 is 19.9 Å². The second-order valence-corrected chi connectivity index (χ2v) is 8.20. The van der Waals surface area contributed by atoms with Gasteiger partial charge >= 0.3 is 0 Å². The van der Waals surface area contributed by atoms with Crippen molar-refractivity contribution in [3.8, 4) is 0 Å². The Morgan fingerprint density at radius 1 is 1.28 bits per heavy atom. The smallest absolute Gasteiger partial charge is 0.193 e. The van der Waals surface area contributed by atoms with Gasteiger partial charge in [0.2, 0.25) is 0 Å². The van der Waals surface area contributed by atoms with Gasteiger partial charge in [-0.05, 0) is 38.7 Å². The van der Waals surface area contributed by atoms with Gasteiger partial charge in [0.05, 0.1) is 18.3 Å². The third kappa shape index (κ3) is 7.67. The number of nitrogens with zero attached hydrogens (tertiary/aromatic N) is 4. The molecule has 0 aliphatic heterocycles. The van der Waals surface area contributed by atoms with Crippen LogP contribution in [0, 0.1) is 0 Å². The van der Waals surface area contributed by atoms with Crippen molar-refractivity contribution in [2.45, 2.75) is 25.6 Å². The lowest BCUT2D eigenvalue weighted by molar-refractivity contribution is 0.119. The summed E-state index contributed by atoms with van der Waals surface area (Å²) < 4.78 is 5.35. The summed E-state index contributed by atoms with van der Waals surface area (Å²) in [5.41, 5.74) is 2.22. The van der Waals surface area contributed by atoms with E-state index >= 15 is 0 Å². The number of thiazole rings is 1. The summed E-state index contributed by atoms with van der Waals surface area (Å²) in [4.78, 5) is 13.3. The Labute approximate surface area is 200 Å². The van der Waals surface area contributed by atoms with Gasteiger partial charge in [0.1, 0.15) is 11.1 Å². The first kappa shape index (κ1) is 26.1. The molecule has 162 valence electrons. The van der Waals surface area contributed by atoms with E-state index in [4.69, 9.17) is 16.3 Å². The first-order valence-corrected chi connectivity index (χ1v) is 10.4. The summed E-state index contributed by atoms with van der Waals surface area (Å²) in [6, 6.07) is 8.18. The zero-order chi connectivity index (χ0) is 20.7. The Hall–Kier alpha value is -0.940. The number of rotatable bonds is 8. The summed E-state index contributed by atoms with van der Waals surface area (Å²) >= 11 is 7.65. The van der Waals surface area contributed by atoms with Crippen LogP contribution < -0.4 is 5.32 Å². The molecule has 1 heterocycles. The van der Waals surface area contributed by atoms with Crippen molar-refractivity contribution in [1.82, 2.24) is 20.1 Å². The van der Waals surface area contributed by atoms with E-state index in [1.807, 2.05) is 26.1 Å². The van der Waals surface area contributed by atoms with E-state index in [1.54, 1.807) is 25.5 Å². The van der Waals surface area contributed by atoms with Crippen LogP contribution in [0.25, 0.3) is 0 Å². The average Bonchev–Trinajstić information content (AvgIpc) is 3.13. The number of aromatic nitrogens is 1. The summed E-state index contributed by atoms with van der Waals surface area (Å²) in [6.07, 6.45) is 0.0155. The second kappa shape index (κ2) is 12.7. The fourth-order valence-corrected chi connectivity index (χ4v) is 3.82. The second-order valence-electron chi connectivity index (χ2n) is 6.87. The van der Waals surface area contributed by atoms with E-state index in [-0.39, 0.29) is 36.1 Å². The first-order valence-electron chi connectivity index (χ1n) is 9.16. The largest absolute Gasteiger partial charge is 0.375 e. The number of hydrogen-bond acceptors (Lipinski definition) is 5. The molecule has 29 heavy (non-hydrogen) atoms. The molecule has 2 atom stereocenters. The molecule has 2 unspecified atom stereocenters. The maximum Gasteiger partial charge on any atom is 0.193 e. The number of guanidine groups is 1. The SMILES string of the molecule is CN=C(NCC(c1ccc(Cl)cc1)N(C)C)N(C)Cc1csc(C(C)OC)n1.I. The fourth-order valence-electron chi connectivity index (χ4n) is 2.86. The minimum Gasteiger partial charge on any atom is -0.375 e. The molecule has 1 N–H and O–H groups in total. The Kier molecular flexibility index (Phi) is 11.4. The minimum absolute atomic E-state index is 0. The van der Waals surface area contributed by atoms with E-state index in [9.17, 15) is 0 Å². The van der Waals surface area contributed by atoms with Crippen molar-refractivity contribution in [3.05, 3.63) is 50.9 Å². The van der Waals surface area contributed by atoms with E-state index in [0.29, 0.717) is 6.54 Å². The molecule has 0 radical (unpaired) electrons. The quantitative estimate of drug-likeness (QED) is 0.299. The predicted molar refractivity (Wildman–Crippen MR) is 134 cm³/mol. The lowest BCUT2D eigenvalue weighted by Crippen LogP contribution is -2.42. The molecule has 0 spiro atoms. The third-order valence-electron chi connectivity index (χ3n) is 4.58. The van der Waals surface area contributed by atoms with Crippen LogP contribution in [0.2, 0.25) is 5.02 Å². The van der Waals surface area contributed by atoms with Crippen molar-refractivity contribution in [1.29, 1.82) is 0 Å². The molecule has 0 aliphatic carbocycles. The highest BCUT2D eigenvalue weighted by atomic mass is 127. The fraction of sp³-hybridized carbons (Fsp3) is 0.500. The highest BCUT2D eigenvalue weighted by molar-refractivity contribution is 14.0. The maximum atomic E-state index is 6.03. The van der Waals surface area contributed by atoms with E-state index in [2.05, 4.69) is 56.7 Å². The normalized spacial score (nSPS) is 13.7. The Bertz CT molecular complexity index is 768. The van der Waals surface area contributed by atoms with E-state index in [0.717, 1.165) is 28.2 Å². The molecule has 2 aromatic rings. The van der Waals surface area contributed by atoms with Crippen LogP contribution in [0.5, 0.6) is 0 Å². The molecular formula is C20H31ClIN5OS. The van der Waals surface area contributed by atoms with Crippen LogP contribution in [0.3, 0.4) is 0 Å². The van der Waals surface area contributed by atoms with Crippen LogP contribution in [0.4, 0.5) is 0 Å². The summed E-state index contributed by atoms with van der Waals surface area (Å²) in [6.45, 7) is 3.42. The molecule has 0 saturated carbocycles. The molecule has 1 aromatic carbocycles. The predicted octanol–water partition coefficient (Wildman–Crippen LogP) is 4.43. The molecule has 6 nitrogen and oxygen atoms in total. The van der Waals surface area contributed by atoms with Gasteiger partial charge in [-0.15, -0.1) is 35.3 Å². The van der Waals surface area contributed by atoms with Crippen LogP contribution in [-0.4, -0.2) is 62.6 Å². The molecule has 2 rings (SSSR count). The Morgan fingerprint density at radius 2 is 1.93 bits per heavy atom. The van der Waals surface area contributed by atoms with Gasteiger partial charge in [-0.25, -0.2) is 4.98 Å². The molecule has 0 saturated heterocycles. The van der Waals surface area contributed by atoms with Crippen molar-refractivity contribution < 1.29 is 4.74 Å². The zero-order valence-electron chi connectivity index (χ0n) is 17.8. The lowest BCUT2D eigenvalue weighted by atomic mass is 10.1. The van der Waals surface area contributed by atoms with Gasteiger partial charge in [0, 0.05) is 38.2 Å². The summed E-state index contributed by atoms with van der Waals surface area (Å²) in [5.74, 6) is 0.829. The number of benzene rings is 1. The highest BCUT2D eigenvalue weighted by Crippen LogP contribution is 2.22. The molecule has 0 fully saturated rings. The third-order valence-corrected chi connectivity index (χ3v) is 5.88. The topological polar surface area (TPSA) is 53.0 Å². The molecule has 0 aliphatic rings. The van der Waals surface area contributed by atoms with Crippen LogP contribution in [0.15, 0.2) is 34.6 Å². The number of aliphatic imine (C=N–C) groups is 1. The number of halogens is 2. The minimum atomic E-state index is 0. The van der Waals surface area contributed by atoms with Gasteiger partial charge in [-0.3, -0.25) is 4.99 Å². The van der Waals surface area contributed by atoms with Gasteiger partial charge in [-0.1, -0.05) is 23.7 Å². The average molecular weight is 552 g/mol. The standard InChI is InChI=1S/C20H30ClN5OS.HI/c1-14(27-6)19-24-17(13-28-19)12-26(5)20(22-2)23-11-18(25(3)4)15-7-9-16(21)10-8-15;/h7-10,13-14,18H,11-12H2,1-6H3,(H,22,23);1H. The van der Waals surface area contributed by atoms with Crippen LogP contribution in [0.1, 0.15) is 35.3 Å². The summed E-state index contributed by atoms with van der Waals surface area (Å²) in [5, 5.41) is 7.29. The van der Waals surface area contributed by atoms with Crippen LogP contribution >= 0.6 is 46.9 Å². The molecule has 1 aromatic heterocycles. The zero-order valence-corrected chi connectivity index (χ0v) is 21.8. The number of nitrogens with one attached hydrogen (secondary N) is 1. The van der Waals surface area contributed by atoms with Crippen molar-refractivity contribution >= 4 is 52.9 Å². The number of likely N-dealkylation sites (N-methyl/N-ethyl adjacent to an activating group) is 1. The molecule has 0 bridgehead atoms. The van der Waals surface area contributed by atoms with Crippen molar-refractivity contribution in [2.24, 2.45) is 4.99 Å². The maximum absolute atomic E-state index is 6.03.